The third-order valence-electron chi connectivity index (χ3n) is 9.04. The summed E-state index contributed by atoms with van der Waals surface area (Å²) in [7, 11) is 1.62. The monoisotopic (exact) mass is 635 g/mol. The quantitative estimate of drug-likeness (QED) is 0.196. The highest BCUT2D eigenvalue weighted by Crippen LogP contribution is 2.42. The Morgan fingerprint density at radius 3 is 2.70 bits per heavy atom. The van der Waals surface area contributed by atoms with E-state index in [0.29, 0.717) is 72.6 Å². The van der Waals surface area contributed by atoms with Gasteiger partial charge in [-0.1, -0.05) is 12.1 Å². The first-order chi connectivity index (χ1) is 22.9. The molecule has 0 aliphatic carbocycles. The third-order valence-corrected chi connectivity index (χ3v) is 9.04. The van der Waals surface area contributed by atoms with Gasteiger partial charge in [-0.05, 0) is 67.0 Å². The molecular formula is C35H34FN7O4. The standard InChI is InChI=1S/C35H34FN7O4/c1-21-40-41-34(47-21)32-28(7-4-22-9-12-46-13-10-22)39-29-20-42(11-14-45-2)35(44)33(29)31(32)24-6-8-30-26(16-24)18-38-43(30)19-23-3-5-25(17-37)27(36)15-23/h3,5-6,8,15-16,18,22H,4,7,9-14,19-20H2,1-2H3. The summed E-state index contributed by atoms with van der Waals surface area (Å²) >= 11 is 0. The van der Waals surface area contributed by atoms with Gasteiger partial charge in [0.25, 0.3) is 5.91 Å². The number of hydrogen-bond acceptors (Lipinski definition) is 9. The number of benzene rings is 2. The average Bonchev–Trinajstić information content (AvgIpc) is 3.79. The number of amides is 1. The number of methoxy groups -OCH3 is 1. The second-order valence-electron chi connectivity index (χ2n) is 12.1. The van der Waals surface area contributed by atoms with Gasteiger partial charge in [-0.15, -0.1) is 10.2 Å². The van der Waals surface area contributed by atoms with Crippen LogP contribution in [-0.2, 0) is 29.0 Å². The van der Waals surface area contributed by atoms with Gasteiger partial charge in [0.2, 0.25) is 11.8 Å². The topological polar surface area (TPSA) is 132 Å². The molecule has 0 radical (unpaired) electrons. The average molecular weight is 636 g/mol. The summed E-state index contributed by atoms with van der Waals surface area (Å²) < 4.78 is 33.0. The van der Waals surface area contributed by atoms with Crippen molar-refractivity contribution in [2.24, 2.45) is 5.92 Å². The minimum Gasteiger partial charge on any atom is -0.421 e. The van der Waals surface area contributed by atoms with E-state index >= 15 is 0 Å². The van der Waals surface area contributed by atoms with Gasteiger partial charge in [-0.3, -0.25) is 14.5 Å². The molecule has 0 atom stereocenters. The molecular weight excluding hydrogens is 601 g/mol. The number of aryl methyl sites for hydroxylation is 2. The lowest BCUT2D eigenvalue weighted by molar-refractivity contribution is 0.0639. The summed E-state index contributed by atoms with van der Waals surface area (Å²) in [6, 6.07) is 12.4. The number of hydrogen-bond donors (Lipinski definition) is 0. The molecule has 2 aliphatic heterocycles. The summed E-state index contributed by atoms with van der Waals surface area (Å²) in [6.07, 6.45) is 5.39. The first-order valence-electron chi connectivity index (χ1n) is 15.8. The highest BCUT2D eigenvalue weighted by atomic mass is 19.1. The van der Waals surface area contributed by atoms with Crippen molar-refractivity contribution in [2.45, 2.75) is 45.7 Å². The molecule has 47 heavy (non-hydrogen) atoms. The van der Waals surface area contributed by atoms with Crippen LogP contribution < -0.4 is 0 Å². The van der Waals surface area contributed by atoms with Gasteiger partial charge >= 0.3 is 0 Å². The van der Waals surface area contributed by atoms with Crippen LogP contribution in [0.15, 0.2) is 47.0 Å². The Kier molecular flexibility index (Phi) is 8.49. The Hall–Kier alpha value is -4.99. The maximum absolute atomic E-state index is 14.3. The summed E-state index contributed by atoms with van der Waals surface area (Å²) in [6.45, 7) is 4.84. The Bertz CT molecular complexity index is 2010. The fourth-order valence-corrected chi connectivity index (χ4v) is 6.59. The number of nitrogens with zero attached hydrogens (tertiary/aromatic N) is 7. The molecule has 2 aromatic carbocycles. The van der Waals surface area contributed by atoms with Crippen molar-refractivity contribution in [3.63, 3.8) is 0 Å². The summed E-state index contributed by atoms with van der Waals surface area (Å²) in [5.41, 5.74) is 5.81. The Morgan fingerprint density at radius 1 is 1.11 bits per heavy atom. The molecule has 0 spiro atoms. The Morgan fingerprint density at radius 2 is 1.96 bits per heavy atom. The fourth-order valence-electron chi connectivity index (χ4n) is 6.59. The zero-order valence-electron chi connectivity index (χ0n) is 26.3. The van der Waals surface area contributed by atoms with Crippen LogP contribution in [0.25, 0.3) is 33.5 Å². The molecule has 1 saturated heterocycles. The van der Waals surface area contributed by atoms with E-state index in [1.165, 1.54) is 12.1 Å². The molecule has 0 bridgehead atoms. The first kappa shape index (κ1) is 30.7. The predicted octanol–water partition coefficient (Wildman–Crippen LogP) is 5.48. The van der Waals surface area contributed by atoms with E-state index in [0.717, 1.165) is 60.3 Å². The molecule has 1 fully saturated rings. The van der Waals surface area contributed by atoms with Crippen molar-refractivity contribution in [1.82, 2.24) is 29.9 Å². The minimum absolute atomic E-state index is 0.00306. The molecule has 1 amide bonds. The van der Waals surface area contributed by atoms with E-state index in [1.807, 2.05) is 24.3 Å². The number of ether oxygens (including phenoxy) is 2. The van der Waals surface area contributed by atoms with Gasteiger partial charge in [0.15, 0.2) is 0 Å². The minimum atomic E-state index is -0.559. The second-order valence-corrected chi connectivity index (χ2v) is 12.1. The van der Waals surface area contributed by atoms with Gasteiger partial charge in [-0.2, -0.15) is 10.4 Å². The number of pyridine rings is 1. The van der Waals surface area contributed by atoms with E-state index in [4.69, 9.17) is 24.1 Å². The van der Waals surface area contributed by atoms with E-state index in [1.54, 1.807) is 35.9 Å². The lowest BCUT2D eigenvalue weighted by atomic mass is 9.88. The van der Waals surface area contributed by atoms with Crippen LogP contribution in [0.2, 0.25) is 0 Å². The van der Waals surface area contributed by atoms with Crippen molar-refractivity contribution in [3.05, 3.63) is 82.4 Å². The molecule has 0 N–H and O–H groups in total. The maximum Gasteiger partial charge on any atom is 0.256 e. The number of halogens is 1. The van der Waals surface area contributed by atoms with Crippen molar-refractivity contribution >= 4 is 16.8 Å². The number of carbonyl (C=O) groups excluding carboxylic acids is 1. The van der Waals surface area contributed by atoms with Crippen LogP contribution >= 0.6 is 0 Å². The lowest BCUT2D eigenvalue weighted by Crippen LogP contribution is -2.27. The zero-order chi connectivity index (χ0) is 32.5. The lowest BCUT2D eigenvalue weighted by Gasteiger charge is -2.22. The highest BCUT2D eigenvalue weighted by Gasteiger charge is 2.36. The van der Waals surface area contributed by atoms with Gasteiger partial charge in [-0.25, -0.2) is 4.39 Å². The molecule has 11 nitrogen and oxygen atoms in total. The molecule has 7 rings (SSSR count). The Balaban J connectivity index is 1.34. The maximum atomic E-state index is 14.3. The number of nitriles is 1. The number of aromatic nitrogens is 5. The predicted molar refractivity (Wildman–Crippen MR) is 170 cm³/mol. The van der Waals surface area contributed by atoms with Crippen molar-refractivity contribution in [1.29, 1.82) is 5.26 Å². The molecule has 0 unspecified atom stereocenters. The summed E-state index contributed by atoms with van der Waals surface area (Å²) in [4.78, 5) is 20.9. The van der Waals surface area contributed by atoms with E-state index in [-0.39, 0.29) is 11.5 Å². The number of fused-ring (bicyclic) bond motifs is 2. The third kappa shape index (κ3) is 6.00. The molecule has 12 heteroatoms. The van der Waals surface area contributed by atoms with E-state index < -0.39 is 5.82 Å². The molecule has 5 aromatic rings. The van der Waals surface area contributed by atoms with Crippen molar-refractivity contribution in [2.75, 3.05) is 33.5 Å². The summed E-state index contributed by atoms with van der Waals surface area (Å²) in [5, 5.41) is 23.1. The second kappa shape index (κ2) is 13.0. The molecule has 2 aliphatic rings. The van der Waals surface area contributed by atoms with Crippen molar-refractivity contribution in [3.8, 4) is 28.7 Å². The number of carbonyl (C=O) groups is 1. The first-order valence-corrected chi connectivity index (χ1v) is 15.8. The van der Waals surface area contributed by atoms with E-state index in [2.05, 4.69) is 15.3 Å². The van der Waals surface area contributed by atoms with Gasteiger partial charge in [0, 0.05) is 44.7 Å². The SMILES string of the molecule is COCCN1Cc2nc(CCC3CCOCC3)c(-c3nnc(C)o3)c(-c3ccc4c(cnn4Cc4ccc(C#N)c(F)c4)c3)c2C1=O. The van der Waals surface area contributed by atoms with Crippen LogP contribution in [0.1, 0.15) is 58.0 Å². The van der Waals surface area contributed by atoms with Crippen LogP contribution in [0.5, 0.6) is 0 Å². The van der Waals surface area contributed by atoms with Crippen LogP contribution in [0.4, 0.5) is 4.39 Å². The van der Waals surface area contributed by atoms with E-state index in [9.17, 15) is 9.18 Å². The fraction of sp³-hybridized carbons (Fsp3) is 0.371. The largest absolute Gasteiger partial charge is 0.421 e. The molecule has 3 aromatic heterocycles. The highest BCUT2D eigenvalue weighted by molar-refractivity contribution is 6.08. The Labute approximate surface area is 270 Å². The summed E-state index contributed by atoms with van der Waals surface area (Å²) in [5.74, 6) is 0.594. The zero-order valence-corrected chi connectivity index (χ0v) is 26.3. The normalized spacial score (nSPS) is 15.0. The van der Waals surface area contributed by atoms with Crippen molar-refractivity contribution < 1.29 is 23.1 Å². The van der Waals surface area contributed by atoms with Gasteiger partial charge in [0.1, 0.15) is 11.9 Å². The van der Waals surface area contributed by atoms with Gasteiger partial charge in [0.05, 0.1) is 59.5 Å². The van der Waals surface area contributed by atoms with Crippen LogP contribution in [0, 0.1) is 30.0 Å². The van der Waals surface area contributed by atoms with Crippen LogP contribution in [-0.4, -0.2) is 69.2 Å². The number of rotatable bonds is 10. The molecule has 0 saturated carbocycles. The van der Waals surface area contributed by atoms with Gasteiger partial charge < -0.3 is 18.8 Å². The van der Waals surface area contributed by atoms with Crippen LogP contribution in [0.3, 0.4) is 0 Å². The molecule has 5 heterocycles. The smallest absolute Gasteiger partial charge is 0.256 e. The molecule has 240 valence electrons.